The predicted octanol–water partition coefficient (Wildman–Crippen LogP) is 19.4. The van der Waals surface area contributed by atoms with E-state index in [0.717, 1.165) is 122 Å². The molecule has 0 aliphatic heterocycles. The van der Waals surface area contributed by atoms with Gasteiger partial charge in [0.05, 0.1) is 6.42 Å². The molecule has 0 aliphatic carbocycles. The summed E-state index contributed by atoms with van der Waals surface area (Å²) in [6, 6.07) is 0. The third kappa shape index (κ3) is 56.0. The summed E-state index contributed by atoms with van der Waals surface area (Å²) < 4.78 is 16.6. The lowest BCUT2D eigenvalue weighted by atomic mass is 10.1. The van der Waals surface area contributed by atoms with Gasteiger partial charge >= 0.3 is 17.9 Å². The van der Waals surface area contributed by atoms with Crippen molar-refractivity contribution >= 4 is 17.9 Å². The Morgan fingerprint density at radius 1 is 0.306 bits per heavy atom. The zero-order valence-corrected chi connectivity index (χ0v) is 45.9. The van der Waals surface area contributed by atoms with Gasteiger partial charge in [0.15, 0.2) is 6.10 Å². The number of ether oxygens (including phenoxy) is 3. The van der Waals surface area contributed by atoms with Crippen LogP contribution in [0, 0.1) is 0 Å². The molecule has 0 spiro atoms. The fourth-order valence-electron chi connectivity index (χ4n) is 7.12. The van der Waals surface area contributed by atoms with Gasteiger partial charge in [0.1, 0.15) is 13.2 Å². The smallest absolute Gasteiger partial charge is 0.310 e. The summed E-state index contributed by atoms with van der Waals surface area (Å²) in [6.45, 7) is 6.23. The fourth-order valence-corrected chi connectivity index (χ4v) is 7.12. The van der Waals surface area contributed by atoms with Crippen LogP contribution in [0.3, 0.4) is 0 Å². The standard InChI is InChI=1S/C66H102O6/c1-4-7-10-13-16-18-20-22-24-25-26-27-28-29-30-31-32-33-34-35-36-37-38-39-40-41-43-44-46-48-50-53-56-59-65(68)71-62-63(61-70-64(67)58-55-52-15-12-9-6-3)72-66(69)60-57-54-51-49-47-45-42-23-21-19-17-14-11-8-5-2/h7-8,10-11,16-19,22-24,26-27,29-30,32-33,35-36,38-39,42,47,49,54,57,63H,4-6,9,12-15,20-21,25,28,31,34,37,40-41,43-46,48,50-53,55-56,58-62H2,1-3H3/b10-7-,11-8-,18-16-,19-17-,24-22-,27-26-,30-29-,33-32-,36-35-,39-38-,42-23-,49-47-,57-54-. The lowest BCUT2D eigenvalue weighted by Crippen LogP contribution is -2.30. The molecule has 0 fully saturated rings. The number of esters is 3. The fraction of sp³-hybridized carbons (Fsp3) is 0.561. The molecular weight excluding hydrogens is 889 g/mol. The second-order valence-corrected chi connectivity index (χ2v) is 18.1. The molecule has 1 unspecified atom stereocenters. The maximum Gasteiger partial charge on any atom is 0.310 e. The third-order valence-electron chi connectivity index (χ3n) is 11.3. The molecule has 0 aromatic rings. The molecule has 0 bridgehead atoms. The van der Waals surface area contributed by atoms with Crippen molar-refractivity contribution in [2.75, 3.05) is 13.2 Å². The number of hydrogen-bond donors (Lipinski definition) is 0. The molecule has 0 aromatic carbocycles. The molecule has 6 nitrogen and oxygen atoms in total. The molecule has 0 N–H and O–H groups in total. The van der Waals surface area contributed by atoms with E-state index in [4.69, 9.17) is 14.2 Å². The van der Waals surface area contributed by atoms with E-state index >= 15 is 0 Å². The van der Waals surface area contributed by atoms with E-state index in [0.29, 0.717) is 19.3 Å². The van der Waals surface area contributed by atoms with Crippen molar-refractivity contribution in [3.63, 3.8) is 0 Å². The lowest BCUT2D eigenvalue weighted by molar-refractivity contribution is -0.166. The van der Waals surface area contributed by atoms with Gasteiger partial charge in [0.25, 0.3) is 0 Å². The van der Waals surface area contributed by atoms with Gasteiger partial charge in [0, 0.05) is 12.8 Å². The monoisotopic (exact) mass is 991 g/mol. The number of carbonyl (C=O) groups is 3. The van der Waals surface area contributed by atoms with Crippen molar-refractivity contribution in [2.24, 2.45) is 0 Å². The molecule has 72 heavy (non-hydrogen) atoms. The summed E-state index contributed by atoms with van der Waals surface area (Å²) in [7, 11) is 0. The van der Waals surface area contributed by atoms with Crippen LogP contribution < -0.4 is 0 Å². The van der Waals surface area contributed by atoms with Gasteiger partial charge in [-0.3, -0.25) is 14.4 Å². The van der Waals surface area contributed by atoms with Gasteiger partial charge in [-0.1, -0.05) is 249 Å². The Bertz CT molecular complexity index is 1660. The number of allylic oxidation sites excluding steroid dienone is 25. The highest BCUT2D eigenvalue weighted by molar-refractivity contribution is 5.72. The Labute approximate surface area is 441 Å². The van der Waals surface area contributed by atoms with E-state index < -0.39 is 12.1 Å². The topological polar surface area (TPSA) is 78.9 Å². The maximum absolute atomic E-state index is 12.7. The number of rotatable bonds is 49. The summed E-state index contributed by atoms with van der Waals surface area (Å²) in [5, 5.41) is 0. The Kier molecular flexibility index (Phi) is 54.6. The first-order valence-corrected chi connectivity index (χ1v) is 28.5. The van der Waals surface area contributed by atoms with Gasteiger partial charge in [-0.05, 0) is 109 Å². The minimum absolute atomic E-state index is 0.0891. The summed E-state index contributed by atoms with van der Waals surface area (Å²) in [5.41, 5.74) is 0. The van der Waals surface area contributed by atoms with E-state index in [2.05, 4.69) is 167 Å². The van der Waals surface area contributed by atoms with Crippen molar-refractivity contribution < 1.29 is 28.6 Å². The Balaban J connectivity index is 4.20. The normalized spacial score (nSPS) is 13.3. The molecule has 6 heteroatoms. The molecule has 0 aliphatic rings. The highest BCUT2D eigenvalue weighted by Crippen LogP contribution is 2.13. The highest BCUT2D eigenvalue weighted by Gasteiger charge is 2.19. The summed E-state index contributed by atoms with van der Waals surface area (Å²) >= 11 is 0. The summed E-state index contributed by atoms with van der Waals surface area (Å²) in [5.74, 6) is -1.09. The molecule has 0 amide bonds. The van der Waals surface area contributed by atoms with Crippen LogP contribution in [0.15, 0.2) is 158 Å². The number of carbonyl (C=O) groups excluding carboxylic acids is 3. The lowest BCUT2D eigenvalue weighted by Gasteiger charge is -2.18. The summed E-state index contributed by atoms with van der Waals surface area (Å²) in [4.78, 5) is 37.7. The van der Waals surface area contributed by atoms with Gasteiger partial charge in [-0.2, -0.15) is 0 Å². The average molecular weight is 992 g/mol. The molecule has 0 saturated carbocycles. The van der Waals surface area contributed by atoms with Crippen molar-refractivity contribution in [3.05, 3.63) is 158 Å². The predicted molar refractivity (Wildman–Crippen MR) is 311 cm³/mol. The molecule has 0 rings (SSSR count). The summed E-state index contributed by atoms with van der Waals surface area (Å²) in [6.07, 6.45) is 85.9. The first kappa shape index (κ1) is 67.0. The molecule has 0 radical (unpaired) electrons. The Morgan fingerprint density at radius 2 is 0.583 bits per heavy atom. The van der Waals surface area contributed by atoms with Gasteiger partial charge < -0.3 is 14.2 Å². The zero-order chi connectivity index (χ0) is 52.2. The minimum Gasteiger partial charge on any atom is -0.462 e. The molecular formula is C66H102O6. The van der Waals surface area contributed by atoms with Crippen molar-refractivity contribution in [3.8, 4) is 0 Å². The first-order chi connectivity index (χ1) is 35.5. The maximum atomic E-state index is 12.7. The SMILES string of the molecule is CC/C=C\C/C=C\C/C=C\C/C=C\C/C=C\C/C=C\C/C=C\C/C=C\CCCCCCCCCCC(=O)OCC(COC(=O)CCCCCCCC)OC(=O)C/C=C\C/C=C\C/C=C\C/C=C\C/C=C\CC. The van der Waals surface area contributed by atoms with E-state index in [1.807, 2.05) is 6.08 Å². The molecule has 0 heterocycles. The van der Waals surface area contributed by atoms with Gasteiger partial charge in [0.2, 0.25) is 0 Å². The van der Waals surface area contributed by atoms with Crippen molar-refractivity contribution in [1.82, 2.24) is 0 Å². The van der Waals surface area contributed by atoms with Crippen LogP contribution in [0.2, 0.25) is 0 Å². The van der Waals surface area contributed by atoms with Crippen LogP contribution in [-0.4, -0.2) is 37.2 Å². The van der Waals surface area contributed by atoms with Crippen LogP contribution in [-0.2, 0) is 28.6 Å². The van der Waals surface area contributed by atoms with E-state index in [1.165, 1.54) is 51.4 Å². The van der Waals surface area contributed by atoms with E-state index in [-0.39, 0.29) is 31.6 Å². The van der Waals surface area contributed by atoms with Crippen LogP contribution >= 0.6 is 0 Å². The Morgan fingerprint density at radius 3 is 0.917 bits per heavy atom. The van der Waals surface area contributed by atoms with Gasteiger partial charge in [-0.25, -0.2) is 0 Å². The number of unbranched alkanes of at least 4 members (excludes halogenated alkanes) is 13. The van der Waals surface area contributed by atoms with E-state index in [9.17, 15) is 14.4 Å². The highest BCUT2D eigenvalue weighted by atomic mass is 16.6. The average Bonchev–Trinajstić information content (AvgIpc) is 3.38. The van der Waals surface area contributed by atoms with Crippen LogP contribution in [0.25, 0.3) is 0 Å². The molecule has 1 atom stereocenters. The minimum atomic E-state index is -0.838. The largest absolute Gasteiger partial charge is 0.462 e. The molecule has 402 valence electrons. The van der Waals surface area contributed by atoms with Crippen LogP contribution in [0.1, 0.15) is 220 Å². The first-order valence-electron chi connectivity index (χ1n) is 28.5. The van der Waals surface area contributed by atoms with Crippen LogP contribution in [0.5, 0.6) is 0 Å². The second kappa shape index (κ2) is 58.6. The van der Waals surface area contributed by atoms with Crippen LogP contribution in [0.4, 0.5) is 0 Å². The van der Waals surface area contributed by atoms with Crippen molar-refractivity contribution in [1.29, 1.82) is 0 Å². The quantitative estimate of drug-likeness (QED) is 0.0262. The molecule has 0 aromatic heterocycles. The van der Waals surface area contributed by atoms with Crippen molar-refractivity contribution in [2.45, 2.75) is 226 Å². The van der Waals surface area contributed by atoms with E-state index in [1.54, 1.807) is 6.08 Å². The van der Waals surface area contributed by atoms with Gasteiger partial charge in [-0.15, -0.1) is 0 Å². The molecule has 0 saturated heterocycles. The second-order valence-electron chi connectivity index (χ2n) is 18.1. The number of hydrogen-bond acceptors (Lipinski definition) is 6. The zero-order valence-electron chi connectivity index (χ0n) is 45.9. The third-order valence-corrected chi connectivity index (χ3v) is 11.3. The Hall–Kier alpha value is -4.97.